The van der Waals surface area contributed by atoms with Gasteiger partial charge in [-0.1, -0.05) is 97.9 Å². The van der Waals surface area contributed by atoms with E-state index in [0.29, 0.717) is 11.3 Å². The molecule has 7 nitrogen and oxygen atoms in total. The second kappa shape index (κ2) is 14.8. The van der Waals surface area contributed by atoms with Gasteiger partial charge in [0, 0.05) is 19.0 Å². The van der Waals surface area contributed by atoms with Crippen LogP contribution in [0.3, 0.4) is 0 Å². The van der Waals surface area contributed by atoms with E-state index in [0.717, 1.165) is 23.1 Å². The summed E-state index contributed by atoms with van der Waals surface area (Å²) in [5.74, 6) is -0.758. The van der Waals surface area contributed by atoms with Crippen LogP contribution in [0.2, 0.25) is 0 Å². The van der Waals surface area contributed by atoms with Gasteiger partial charge in [-0.3, -0.25) is 13.9 Å². The summed E-state index contributed by atoms with van der Waals surface area (Å²) in [5, 5.41) is 3.06. The topological polar surface area (TPSA) is 86.8 Å². The fraction of sp³-hybridized carbons (Fsp3) is 0.278. The van der Waals surface area contributed by atoms with Gasteiger partial charge in [-0.2, -0.15) is 0 Å². The van der Waals surface area contributed by atoms with Crippen LogP contribution in [0, 0.1) is 13.8 Å². The van der Waals surface area contributed by atoms with E-state index in [1.54, 1.807) is 24.3 Å². The molecule has 0 radical (unpaired) electrons. The highest BCUT2D eigenvalue weighted by Gasteiger charge is 2.35. The van der Waals surface area contributed by atoms with Crippen molar-refractivity contribution in [3.8, 4) is 0 Å². The van der Waals surface area contributed by atoms with Crippen molar-refractivity contribution in [2.45, 2.75) is 64.1 Å². The lowest BCUT2D eigenvalue weighted by atomic mass is 10.0. The van der Waals surface area contributed by atoms with Crippen molar-refractivity contribution in [1.29, 1.82) is 0 Å². The highest BCUT2D eigenvalue weighted by molar-refractivity contribution is 7.92. The van der Waals surface area contributed by atoms with E-state index in [9.17, 15) is 18.0 Å². The standard InChI is InChI=1S/C36H41N3O4S/c1-5-29(4)37-36(41)34(24-30-15-9-6-10-16-30)38(25-31-17-11-7-12-18-31)35(40)26-39(33-23-27(2)21-22-28(33)3)44(42,43)32-19-13-8-14-20-32/h6-23,29,34H,5,24-26H2,1-4H3,(H,37,41)/t29-,34+/m0/s1. The van der Waals surface area contributed by atoms with E-state index in [1.807, 2.05) is 100 Å². The molecule has 0 saturated heterocycles. The molecule has 0 bridgehead atoms. The molecule has 4 rings (SSSR count). The third-order valence-electron chi connectivity index (χ3n) is 7.71. The molecule has 2 atom stereocenters. The molecule has 0 saturated carbocycles. The highest BCUT2D eigenvalue weighted by Crippen LogP contribution is 2.29. The number of aryl methyl sites for hydroxylation is 2. The van der Waals surface area contributed by atoms with Gasteiger partial charge in [-0.25, -0.2) is 8.42 Å². The number of carbonyl (C=O) groups is 2. The van der Waals surface area contributed by atoms with Gasteiger partial charge in [-0.15, -0.1) is 0 Å². The molecule has 4 aromatic rings. The largest absolute Gasteiger partial charge is 0.352 e. The van der Waals surface area contributed by atoms with Crippen molar-refractivity contribution >= 4 is 27.5 Å². The molecule has 0 heterocycles. The van der Waals surface area contributed by atoms with Crippen LogP contribution in [-0.4, -0.2) is 43.8 Å². The van der Waals surface area contributed by atoms with Gasteiger partial charge in [0.1, 0.15) is 12.6 Å². The number of nitrogens with one attached hydrogen (secondary N) is 1. The van der Waals surface area contributed by atoms with Crippen LogP contribution < -0.4 is 9.62 Å². The lowest BCUT2D eigenvalue weighted by Crippen LogP contribution is -2.54. The average Bonchev–Trinajstić information content (AvgIpc) is 3.03. The molecule has 44 heavy (non-hydrogen) atoms. The van der Waals surface area contributed by atoms with E-state index >= 15 is 0 Å². The smallest absolute Gasteiger partial charge is 0.264 e. The van der Waals surface area contributed by atoms with Crippen LogP contribution in [0.15, 0.2) is 114 Å². The molecular weight excluding hydrogens is 570 g/mol. The summed E-state index contributed by atoms with van der Waals surface area (Å²) in [4.78, 5) is 30.0. The molecule has 0 aromatic heterocycles. The Hall–Kier alpha value is -4.43. The first-order valence-corrected chi connectivity index (χ1v) is 16.4. The SMILES string of the molecule is CC[C@H](C)NC(=O)[C@@H](Cc1ccccc1)N(Cc1ccccc1)C(=O)CN(c1cc(C)ccc1C)S(=O)(=O)c1ccccc1. The monoisotopic (exact) mass is 611 g/mol. The van der Waals surface area contributed by atoms with E-state index < -0.39 is 28.5 Å². The number of amides is 2. The molecule has 0 fully saturated rings. The molecule has 0 unspecified atom stereocenters. The normalized spacial score (nSPS) is 12.6. The summed E-state index contributed by atoms with van der Waals surface area (Å²) in [6.07, 6.45) is 1.00. The molecule has 1 N–H and O–H groups in total. The van der Waals surface area contributed by atoms with Crippen LogP contribution in [0.25, 0.3) is 0 Å². The second-order valence-electron chi connectivity index (χ2n) is 11.1. The number of hydrogen-bond donors (Lipinski definition) is 1. The summed E-state index contributed by atoms with van der Waals surface area (Å²) in [7, 11) is -4.14. The van der Waals surface area contributed by atoms with Crippen LogP contribution in [-0.2, 0) is 32.6 Å². The van der Waals surface area contributed by atoms with Gasteiger partial charge >= 0.3 is 0 Å². The third-order valence-corrected chi connectivity index (χ3v) is 9.49. The van der Waals surface area contributed by atoms with Crippen LogP contribution in [0.1, 0.15) is 42.5 Å². The fourth-order valence-electron chi connectivity index (χ4n) is 5.00. The summed E-state index contributed by atoms with van der Waals surface area (Å²) < 4.78 is 29.5. The van der Waals surface area contributed by atoms with Crippen molar-refractivity contribution in [2.75, 3.05) is 10.8 Å². The predicted molar refractivity (Wildman–Crippen MR) is 176 cm³/mol. The first-order chi connectivity index (χ1) is 21.1. The Morgan fingerprint density at radius 2 is 1.36 bits per heavy atom. The van der Waals surface area contributed by atoms with Gasteiger partial charge in [0.2, 0.25) is 11.8 Å². The molecular formula is C36H41N3O4S. The van der Waals surface area contributed by atoms with Gasteiger partial charge in [-0.05, 0) is 67.6 Å². The number of carbonyl (C=O) groups excluding carboxylic acids is 2. The molecule has 230 valence electrons. The Morgan fingerprint density at radius 3 is 1.95 bits per heavy atom. The summed E-state index contributed by atoms with van der Waals surface area (Å²) in [6, 6.07) is 31.7. The van der Waals surface area contributed by atoms with Gasteiger partial charge in [0.25, 0.3) is 10.0 Å². The quantitative estimate of drug-likeness (QED) is 0.199. The van der Waals surface area contributed by atoms with Crippen LogP contribution in [0.4, 0.5) is 5.69 Å². The molecule has 0 aliphatic heterocycles. The zero-order valence-corrected chi connectivity index (χ0v) is 26.6. The van der Waals surface area contributed by atoms with Crippen molar-refractivity contribution < 1.29 is 18.0 Å². The number of sulfonamides is 1. The van der Waals surface area contributed by atoms with E-state index in [-0.39, 0.29) is 29.8 Å². The average molecular weight is 612 g/mol. The summed E-state index contributed by atoms with van der Waals surface area (Å²) in [5.41, 5.74) is 3.73. The molecule has 4 aromatic carbocycles. The van der Waals surface area contributed by atoms with E-state index in [1.165, 1.54) is 21.3 Å². The van der Waals surface area contributed by atoms with Crippen molar-refractivity contribution in [1.82, 2.24) is 10.2 Å². The minimum Gasteiger partial charge on any atom is -0.352 e. The lowest BCUT2D eigenvalue weighted by Gasteiger charge is -2.34. The van der Waals surface area contributed by atoms with Crippen molar-refractivity contribution in [2.24, 2.45) is 0 Å². The Morgan fingerprint density at radius 1 is 0.795 bits per heavy atom. The summed E-state index contributed by atoms with van der Waals surface area (Å²) in [6.45, 7) is 7.28. The lowest BCUT2D eigenvalue weighted by molar-refractivity contribution is -0.140. The van der Waals surface area contributed by atoms with Gasteiger partial charge in [0.15, 0.2) is 0 Å². The maximum Gasteiger partial charge on any atom is 0.264 e. The molecule has 0 aliphatic carbocycles. The van der Waals surface area contributed by atoms with E-state index in [4.69, 9.17) is 0 Å². The van der Waals surface area contributed by atoms with Crippen LogP contribution in [0.5, 0.6) is 0 Å². The number of hydrogen-bond acceptors (Lipinski definition) is 4. The summed E-state index contributed by atoms with van der Waals surface area (Å²) >= 11 is 0. The first kappa shape index (κ1) is 32.5. The Balaban J connectivity index is 1.82. The number of rotatable bonds is 13. The minimum absolute atomic E-state index is 0.0821. The first-order valence-electron chi connectivity index (χ1n) is 14.9. The fourth-order valence-corrected chi connectivity index (χ4v) is 6.49. The molecule has 2 amide bonds. The predicted octanol–water partition coefficient (Wildman–Crippen LogP) is 6.05. The Kier molecular flexibility index (Phi) is 11.0. The highest BCUT2D eigenvalue weighted by atomic mass is 32.2. The maximum absolute atomic E-state index is 14.5. The second-order valence-corrected chi connectivity index (χ2v) is 13.0. The van der Waals surface area contributed by atoms with Crippen molar-refractivity contribution in [3.63, 3.8) is 0 Å². The van der Waals surface area contributed by atoms with Crippen LogP contribution >= 0.6 is 0 Å². The number of nitrogens with zero attached hydrogens (tertiary/aromatic N) is 2. The zero-order chi connectivity index (χ0) is 31.7. The van der Waals surface area contributed by atoms with Gasteiger partial charge in [0.05, 0.1) is 10.6 Å². The van der Waals surface area contributed by atoms with Crippen molar-refractivity contribution in [3.05, 3.63) is 131 Å². The Bertz CT molecular complexity index is 1650. The van der Waals surface area contributed by atoms with E-state index in [2.05, 4.69) is 5.32 Å². The zero-order valence-electron chi connectivity index (χ0n) is 25.8. The van der Waals surface area contributed by atoms with Gasteiger partial charge < -0.3 is 10.2 Å². The number of benzene rings is 4. The maximum atomic E-state index is 14.5. The molecule has 0 spiro atoms. The third kappa shape index (κ3) is 8.14. The molecule has 8 heteroatoms. The molecule has 0 aliphatic rings. The Labute approximate surface area is 261 Å². The minimum atomic E-state index is -4.14. The number of anilines is 1.